The Kier molecular flexibility index (Phi) is 3.47. The highest BCUT2D eigenvalue weighted by Crippen LogP contribution is 2.14. The molecule has 0 aromatic carbocycles. The summed E-state index contributed by atoms with van der Waals surface area (Å²) < 4.78 is 0. The Morgan fingerprint density at radius 3 is 3.15 bits per heavy atom. The van der Waals surface area contributed by atoms with Gasteiger partial charge < -0.3 is 10.3 Å². The number of aromatic amines is 1. The largest absolute Gasteiger partial charge is 0.347 e. The first kappa shape index (κ1) is 12.8. The van der Waals surface area contributed by atoms with Crippen LogP contribution in [0.4, 0.5) is 0 Å². The molecule has 0 spiro atoms. The third-order valence-electron chi connectivity index (χ3n) is 3.54. The van der Waals surface area contributed by atoms with Gasteiger partial charge in [-0.1, -0.05) is 6.07 Å². The highest BCUT2D eigenvalue weighted by atomic mass is 16.2. The average Bonchev–Trinajstić information content (AvgIpc) is 2.95. The highest BCUT2D eigenvalue weighted by Gasteiger charge is 2.26. The highest BCUT2D eigenvalue weighted by molar-refractivity contribution is 5.82. The molecule has 1 amide bonds. The maximum atomic E-state index is 12.3. The number of fused-ring (bicyclic) bond motifs is 1. The van der Waals surface area contributed by atoms with E-state index < -0.39 is 0 Å². The zero-order chi connectivity index (χ0) is 13.9. The lowest BCUT2D eigenvalue weighted by atomic mass is 10.0. The lowest BCUT2D eigenvalue weighted by Gasteiger charge is -2.24. The minimum atomic E-state index is -0.239. The second-order valence-electron chi connectivity index (χ2n) is 4.95. The van der Waals surface area contributed by atoms with Gasteiger partial charge in [0.2, 0.25) is 5.91 Å². The van der Waals surface area contributed by atoms with Crippen molar-refractivity contribution in [3.8, 4) is 0 Å². The molecule has 2 aromatic heterocycles. The van der Waals surface area contributed by atoms with Crippen LogP contribution in [-0.2, 0) is 17.8 Å². The van der Waals surface area contributed by atoms with E-state index in [1.165, 1.54) is 0 Å². The van der Waals surface area contributed by atoms with Crippen LogP contribution < -0.4 is 10.6 Å². The van der Waals surface area contributed by atoms with Crippen molar-refractivity contribution in [2.24, 2.45) is 0 Å². The van der Waals surface area contributed by atoms with Gasteiger partial charge in [0.25, 0.3) is 0 Å². The number of imidazole rings is 1. The fourth-order valence-corrected chi connectivity index (χ4v) is 2.37. The Bertz CT molecular complexity index is 595. The number of aromatic nitrogens is 3. The van der Waals surface area contributed by atoms with E-state index in [1.54, 1.807) is 12.5 Å². The van der Waals surface area contributed by atoms with E-state index in [4.69, 9.17) is 0 Å². The molecule has 2 aromatic rings. The number of carbonyl (C=O) groups is 1. The molecule has 1 aliphatic heterocycles. The molecule has 6 nitrogen and oxygen atoms in total. The molecule has 2 unspecified atom stereocenters. The Morgan fingerprint density at radius 2 is 2.35 bits per heavy atom. The summed E-state index contributed by atoms with van der Waals surface area (Å²) in [5.41, 5.74) is 2.89. The van der Waals surface area contributed by atoms with E-state index in [2.05, 4.69) is 25.6 Å². The van der Waals surface area contributed by atoms with Gasteiger partial charge in [0.15, 0.2) is 0 Å². The molecule has 0 saturated heterocycles. The quantitative estimate of drug-likeness (QED) is 0.767. The first-order chi connectivity index (χ1) is 9.74. The van der Waals surface area contributed by atoms with Crippen molar-refractivity contribution >= 4 is 5.91 Å². The van der Waals surface area contributed by atoms with Crippen LogP contribution in [0.2, 0.25) is 0 Å². The van der Waals surface area contributed by atoms with E-state index >= 15 is 0 Å². The Morgan fingerprint density at radius 1 is 1.45 bits per heavy atom. The predicted octanol–water partition coefficient (Wildman–Crippen LogP) is 0.696. The smallest absolute Gasteiger partial charge is 0.238 e. The molecule has 3 heterocycles. The van der Waals surface area contributed by atoms with Gasteiger partial charge >= 0.3 is 0 Å². The van der Waals surface area contributed by atoms with E-state index in [9.17, 15) is 4.79 Å². The molecule has 2 atom stereocenters. The van der Waals surface area contributed by atoms with Crippen LogP contribution >= 0.6 is 0 Å². The number of pyridine rings is 1. The van der Waals surface area contributed by atoms with Gasteiger partial charge in [-0.25, -0.2) is 4.98 Å². The maximum absolute atomic E-state index is 12.3. The first-order valence-corrected chi connectivity index (χ1v) is 6.70. The summed E-state index contributed by atoms with van der Waals surface area (Å²) in [4.78, 5) is 23.8. The molecule has 1 aliphatic rings. The minimum absolute atomic E-state index is 0.0168. The number of hydrogen-bond acceptors (Lipinski definition) is 4. The van der Waals surface area contributed by atoms with Crippen molar-refractivity contribution in [3.05, 3.63) is 47.8 Å². The van der Waals surface area contributed by atoms with Crippen LogP contribution in [0, 0.1) is 0 Å². The van der Waals surface area contributed by atoms with Crippen molar-refractivity contribution in [1.82, 2.24) is 25.6 Å². The molecule has 0 radical (unpaired) electrons. The molecule has 6 heteroatoms. The monoisotopic (exact) mass is 271 g/mol. The SMILES string of the molecule is CC(NC(=O)C1Cc2nc[nH]c2CN1)c1ccccn1. The fraction of sp³-hybridized carbons (Fsp3) is 0.357. The average molecular weight is 271 g/mol. The maximum Gasteiger partial charge on any atom is 0.238 e. The summed E-state index contributed by atoms with van der Waals surface area (Å²) in [7, 11) is 0. The topological polar surface area (TPSA) is 82.7 Å². The first-order valence-electron chi connectivity index (χ1n) is 6.70. The summed E-state index contributed by atoms with van der Waals surface area (Å²) in [5.74, 6) is -0.0168. The van der Waals surface area contributed by atoms with Gasteiger partial charge in [-0.3, -0.25) is 15.1 Å². The summed E-state index contributed by atoms with van der Waals surface area (Å²) >= 11 is 0. The summed E-state index contributed by atoms with van der Waals surface area (Å²) in [6, 6.07) is 5.34. The lowest BCUT2D eigenvalue weighted by molar-refractivity contribution is -0.124. The van der Waals surface area contributed by atoms with Crippen molar-refractivity contribution in [3.63, 3.8) is 0 Å². The van der Waals surface area contributed by atoms with Crippen LogP contribution in [0.25, 0.3) is 0 Å². The Balaban J connectivity index is 1.63. The minimum Gasteiger partial charge on any atom is -0.347 e. The second-order valence-corrected chi connectivity index (χ2v) is 4.95. The number of carbonyl (C=O) groups excluding carboxylic acids is 1. The lowest BCUT2D eigenvalue weighted by Crippen LogP contribution is -2.48. The standard InChI is InChI=1S/C14H17N5O/c1-9(10-4-2-3-5-15-10)19-14(20)12-6-11-13(7-16-12)18-8-17-11/h2-5,8-9,12,16H,6-7H2,1H3,(H,17,18)(H,19,20). The van der Waals surface area contributed by atoms with E-state index in [0.717, 1.165) is 17.1 Å². The zero-order valence-electron chi connectivity index (χ0n) is 11.3. The zero-order valence-corrected chi connectivity index (χ0v) is 11.3. The third kappa shape index (κ3) is 2.55. The molecule has 0 aliphatic carbocycles. The van der Waals surface area contributed by atoms with Crippen molar-refractivity contribution in [2.75, 3.05) is 0 Å². The van der Waals surface area contributed by atoms with Crippen molar-refractivity contribution in [2.45, 2.75) is 32.0 Å². The number of nitrogens with zero attached hydrogens (tertiary/aromatic N) is 2. The van der Waals surface area contributed by atoms with E-state index in [1.807, 2.05) is 25.1 Å². The van der Waals surface area contributed by atoms with Gasteiger partial charge in [-0.15, -0.1) is 0 Å². The van der Waals surface area contributed by atoms with Crippen LogP contribution in [0.5, 0.6) is 0 Å². The summed E-state index contributed by atoms with van der Waals surface area (Å²) in [5, 5.41) is 6.20. The molecule has 104 valence electrons. The van der Waals surface area contributed by atoms with Crippen molar-refractivity contribution < 1.29 is 4.79 Å². The number of amides is 1. The van der Waals surface area contributed by atoms with Gasteiger partial charge in [-0.2, -0.15) is 0 Å². The van der Waals surface area contributed by atoms with Gasteiger partial charge in [0.05, 0.1) is 35.5 Å². The molecule has 20 heavy (non-hydrogen) atoms. The number of rotatable bonds is 3. The van der Waals surface area contributed by atoms with E-state index in [-0.39, 0.29) is 18.0 Å². The van der Waals surface area contributed by atoms with Crippen LogP contribution in [0.15, 0.2) is 30.7 Å². The summed E-state index contributed by atoms with van der Waals surface area (Å²) in [6.07, 6.45) is 4.01. The normalized spacial score (nSPS) is 19.1. The summed E-state index contributed by atoms with van der Waals surface area (Å²) in [6.45, 7) is 2.58. The number of hydrogen-bond donors (Lipinski definition) is 3. The second kappa shape index (κ2) is 5.42. The molecule has 3 N–H and O–H groups in total. The number of H-pyrrole nitrogens is 1. The Hall–Kier alpha value is -2.21. The van der Waals surface area contributed by atoms with Crippen molar-refractivity contribution in [1.29, 1.82) is 0 Å². The van der Waals surface area contributed by atoms with E-state index in [0.29, 0.717) is 13.0 Å². The fourth-order valence-electron chi connectivity index (χ4n) is 2.37. The van der Waals surface area contributed by atoms with Gasteiger partial charge in [-0.05, 0) is 19.1 Å². The third-order valence-corrected chi connectivity index (χ3v) is 3.54. The van der Waals surface area contributed by atoms with Crippen LogP contribution in [0.1, 0.15) is 30.0 Å². The Labute approximate surface area is 117 Å². The molecule has 0 fully saturated rings. The van der Waals surface area contributed by atoms with Crippen LogP contribution in [0.3, 0.4) is 0 Å². The molecular formula is C14H17N5O. The van der Waals surface area contributed by atoms with Crippen LogP contribution in [-0.4, -0.2) is 26.9 Å². The molecule has 0 saturated carbocycles. The predicted molar refractivity (Wildman–Crippen MR) is 73.7 cm³/mol. The number of nitrogens with one attached hydrogen (secondary N) is 3. The molecule has 3 rings (SSSR count). The van der Waals surface area contributed by atoms with Gasteiger partial charge in [0.1, 0.15) is 0 Å². The van der Waals surface area contributed by atoms with Gasteiger partial charge in [0, 0.05) is 19.2 Å². The molecule has 0 bridgehead atoms. The molecular weight excluding hydrogens is 254 g/mol.